The first-order chi connectivity index (χ1) is 8.61. The molecule has 94 valence electrons. The summed E-state index contributed by atoms with van der Waals surface area (Å²) < 4.78 is 10.4. The van der Waals surface area contributed by atoms with E-state index in [9.17, 15) is 4.79 Å². The van der Waals surface area contributed by atoms with Crippen molar-refractivity contribution in [1.82, 2.24) is 4.98 Å². The highest BCUT2D eigenvalue weighted by Crippen LogP contribution is 2.26. The number of carbonyl (C=O) groups is 1. The standard InChI is InChI=1S/C13H12ClNO3/c1-3-17-13(16)11-12(18-8(2)15-11)9-4-6-10(14)7-5-9/h4-7H,3H2,1-2H3. The minimum Gasteiger partial charge on any atom is -0.461 e. The van der Waals surface area contributed by atoms with Crippen molar-refractivity contribution in [3.8, 4) is 11.3 Å². The molecule has 2 aromatic rings. The number of hydrogen-bond donors (Lipinski definition) is 0. The van der Waals surface area contributed by atoms with Crippen LogP contribution >= 0.6 is 11.6 Å². The summed E-state index contributed by atoms with van der Waals surface area (Å²) in [5, 5.41) is 0.618. The van der Waals surface area contributed by atoms with E-state index in [1.54, 1.807) is 38.1 Å². The molecular formula is C13H12ClNO3. The van der Waals surface area contributed by atoms with Crippen LogP contribution < -0.4 is 0 Å². The molecule has 0 saturated heterocycles. The smallest absolute Gasteiger partial charge is 0.360 e. The van der Waals surface area contributed by atoms with E-state index < -0.39 is 5.97 Å². The number of ether oxygens (including phenoxy) is 1. The third-order valence-corrected chi connectivity index (χ3v) is 2.56. The molecule has 1 aromatic heterocycles. The fraction of sp³-hybridized carbons (Fsp3) is 0.231. The molecule has 5 heteroatoms. The predicted octanol–water partition coefficient (Wildman–Crippen LogP) is 3.48. The molecule has 0 spiro atoms. The quantitative estimate of drug-likeness (QED) is 0.797. The van der Waals surface area contributed by atoms with Gasteiger partial charge in [0.25, 0.3) is 0 Å². The lowest BCUT2D eigenvalue weighted by Gasteiger charge is -2.01. The van der Waals surface area contributed by atoms with Gasteiger partial charge in [0.1, 0.15) is 0 Å². The second kappa shape index (κ2) is 5.23. The topological polar surface area (TPSA) is 52.3 Å². The van der Waals surface area contributed by atoms with Crippen molar-refractivity contribution in [2.24, 2.45) is 0 Å². The molecule has 0 bridgehead atoms. The van der Waals surface area contributed by atoms with Crippen LogP contribution in [0.1, 0.15) is 23.3 Å². The predicted molar refractivity (Wildman–Crippen MR) is 67.6 cm³/mol. The number of oxazole rings is 1. The van der Waals surface area contributed by atoms with Gasteiger partial charge in [-0.05, 0) is 31.2 Å². The van der Waals surface area contributed by atoms with Crippen molar-refractivity contribution in [2.45, 2.75) is 13.8 Å². The number of carbonyl (C=O) groups excluding carboxylic acids is 1. The fourth-order valence-electron chi connectivity index (χ4n) is 1.56. The average molecular weight is 266 g/mol. The van der Waals surface area contributed by atoms with Crippen molar-refractivity contribution in [3.05, 3.63) is 40.9 Å². The highest BCUT2D eigenvalue weighted by molar-refractivity contribution is 6.30. The zero-order chi connectivity index (χ0) is 13.1. The van der Waals surface area contributed by atoms with Crippen molar-refractivity contribution in [3.63, 3.8) is 0 Å². The molecule has 0 aliphatic heterocycles. The Morgan fingerprint density at radius 3 is 2.67 bits per heavy atom. The van der Waals surface area contributed by atoms with E-state index in [0.29, 0.717) is 23.3 Å². The summed E-state index contributed by atoms with van der Waals surface area (Å²) in [5.74, 6) is 0.338. The number of benzene rings is 1. The Balaban J connectivity index is 2.44. The average Bonchev–Trinajstić information content (AvgIpc) is 2.73. The number of hydrogen-bond acceptors (Lipinski definition) is 4. The van der Waals surface area contributed by atoms with E-state index in [2.05, 4.69) is 4.98 Å². The summed E-state index contributed by atoms with van der Waals surface area (Å²) in [4.78, 5) is 15.8. The normalized spacial score (nSPS) is 10.4. The molecule has 0 atom stereocenters. The van der Waals surface area contributed by atoms with Crippen LogP contribution in [0.3, 0.4) is 0 Å². The number of aryl methyl sites for hydroxylation is 1. The molecule has 2 rings (SSSR count). The zero-order valence-electron chi connectivity index (χ0n) is 10.1. The van der Waals surface area contributed by atoms with Crippen molar-refractivity contribution in [1.29, 1.82) is 0 Å². The fourth-order valence-corrected chi connectivity index (χ4v) is 1.69. The van der Waals surface area contributed by atoms with Gasteiger partial charge in [-0.2, -0.15) is 0 Å². The molecule has 4 nitrogen and oxygen atoms in total. The first-order valence-electron chi connectivity index (χ1n) is 5.52. The second-order valence-corrected chi connectivity index (χ2v) is 4.07. The molecule has 0 aliphatic carbocycles. The molecule has 18 heavy (non-hydrogen) atoms. The molecular weight excluding hydrogens is 254 g/mol. The summed E-state index contributed by atoms with van der Waals surface area (Å²) in [5.41, 5.74) is 0.930. The van der Waals surface area contributed by atoms with Crippen LogP contribution in [-0.2, 0) is 4.74 Å². The number of nitrogens with zero attached hydrogens (tertiary/aromatic N) is 1. The van der Waals surface area contributed by atoms with Crippen LogP contribution in [0.25, 0.3) is 11.3 Å². The van der Waals surface area contributed by atoms with E-state index in [4.69, 9.17) is 20.8 Å². The Morgan fingerprint density at radius 2 is 2.06 bits per heavy atom. The van der Waals surface area contributed by atoms with Gasteiger partial charge in [0, 0.05) is 17.5 Å². The summed E-state index contributed by atoms with van der Waals surface area (Å²) in [6.07, 6.45) is 0. The van der Waals surface area contributed by atoms with Gasteiger partial charge in [-0.25, -0.2) is 9.78 Å². The maximum Gasteiger partial charge on any atom is 0.360 e. The summed E-state index contributed by atoms with van der Waals surface area (Å²) in [6, 6.07) is 6.99. The van der Waals surface area contributed by atoms with Crippen molar-refractivity contribution >= 4 is 17.6 Å². The van der Waals surface area contributed by atoms with Gasteiger partial charge >= 0.3 is 5.97 Å². The third-order valence-electron chi connectivity index (χ3n) is 2.31. The van der Waals surface area contributed by atoms with Gasteiger partial charge in [0.05, 0.1) is 6.61 Å². The van der Waals surface area contributed by atoms with Gasteiger partial charge in [-0.3, -0.25) is 0 Å². The molecule has 1 heterocycles. The first-order valence-corrected chi connectivity index (χ1v) is 5.90. The third kappa shape index (κ3) is 2.54. The Bertz CT molecular complexity index is 560. The van der Waals surface area contributed by atoms with E-state index in [0.717, 1.165) is 5.56 Å². The second-order valence-electron chi connectivity index (χ2n) is 3.64. The molecule has 1 aromatic carbocycles. The van der Waals surface area contributed by atoms with E-state index >= 15 is 0 Å². The van der Waals surface area contributed by atoms with E-state index in [-0.39, 0.29) is 5.69 Å². The van der Waals surface area contributed by atoms with Crippen LogP contribution in [-0.4, -0.2) is 17.6 Å². The molecule has 0 unspecified atom stereocenters. The van der Waals surface area contributed by atoms with E-state index in [1.807, 2.05) is 0 Å². The number of halogens is 1. The monoisotopic (exact) mass is 265 g/mol. The summed E-state index contributed by atoms with van der Waals surface area (Å²) in [6.45, 7) is 3.72. The van der Waals surface area contributed by atoms with Crippen LogP contribution in [0.15, 0.2) is 28.7 Å². The maximum absolute atomic E-state index is 11.7. The van der Waals surface area contributed by atoms with Crippen LogP contribution in [0, 0.1) is 6.92 Å². The lowest BCUT2D eigenvalue weighted by atomic mass is 10.1. The highest BCUT2D eigenvalue weighted by atomic mass is 35.5. The van der Waals surface area contributed by atoms with Gasteiger partial charge in [0.2, 0.25) is 0 Å². The largest absolute Gasteiger partial charge is 0.461 e. The molecule has 0 radical (unpaired) electrons. The first kappa shape index (κ1) is 12.6. The van der Waals surface area contributed by atoms with Gasteiger partial charge in [-0.15, -0.1) is 0 Å². The summed E-state index contributed by atoms with van der Waals surface area (Å²) >= 11 is 5.82. The Hall–Kier alpha value is -1.81. The molecule has 0 N–H and O–H groups in total. The molecule has 0 fully saturated rings. The highest BCUT2D eigenvalue weighted by Gasteiger charge is 2.21. The Labute approximate surface area is 110 Å². The number of rotatable bonds is 3. The molecule has 0 amide bonds. The van der Waals surface area contributed by atoms with Crippen molar-refractivity contribution < 1.29 is 13.9 Å². The van der Waals surface area contributed by atoms with Crippen molar-refractivity contribution in [2.75, 3.05) is 6.61 Å². The zero-order valence-corrected chi connectivity index (χ0v) is 10.8. The summed E-state index contributed by atoms with van der Waals surface area (Å²) in [7, 11) is 0. The number of aromatic nitrogens is 1. The van der Waals surface area contributed by atoms with Gasteiger partial charge in [-0.1, -0.05) is 11.6 Å². The van der Waals surface area contributed by atoms with Crippen LogP contribution in [0.4, 0.5) is 0 Å². The van der Waals surface area contributed by atoms with Crippen LogP contribution in [0.2, 0.25) is 5.02 Å². The maximum atomic E-state index is 11.7. The van der Waals surface area contributed by atoms with Gasteiger partial charge in [0.15, 0.2) is 17.3 Å². The molecule has 0 aliphatic rings. The Kier molecular flexibility index (Phi) is 3.67. The minimum atomic E-state index is -0.487. The number of esters is 1. The Morgan fingerprint density at radius 1 is 1.39 bits per heavy atom. The lowest BCUT2D eigenvalue weighted by Crippen LogP contribution is -2.06. The van der Waals surface area contributed by atoms with Gasteiger partial charge < -0.3 is 9.15 Å². The molecule has 0 saturated carbocycles. The van der Waals surface area contributed by atoms with E-state index in [1.165, 1.54) is 0 Å². The lowest BCUT2D eigenvalue weighted by molar-refractivity contribution is 0.0520. The minimum absolute atomic E-state index is 0.191. The van der Waals surface area contributed by atoms with Crippen LogP contribution in [0.5, 0.6) is 0 Å². The SMILES string of the molecule is CCOC(=O)c1nc(C)oc1-c1ccc(Cl)cc1.